The molecule has 5 heteroatoms. The molecule has 0 aromatic heterocycles. The molecule has 0 bridgehead atoms. The van der Waals surface area contributed by atoms with Gasteiger partial charge in [0.15, 0.2) is 6.10 Å². The normalized spacial score (nSPS) is 18.8. The summed E-state index contributed by atoms with van der Waals surface area (Å²) in [7, 11) is 1.60. The number of nitrogens with one attached hydrogen (secondary N) is 1. The van der Waals surface area contributed by atoms with Crippen molar-refractivity contribution >= 4 is 5.91 Å². The van der Waals surface area contributed by atoms with Crippen LogP contribution in [0.4, 0.5) is 0 Å². The first-order chi connectivity index (χ1) is 12.4. The maximum absolute atomic E-state index is 12.7. The van der Waals surface area contributed by atoms with E-state index in [4.69, 9.17) is 14.2 Å². The van der Waals surface area contributed by atoms with Crippen molar-refractivity contribution in [3.8, 4) is 17.2 Å². The Labute approximate surface area is 154 Å². The molecule has 0 aliphatic carbocycles. The van der Waals surface area contributed by atoms with Crippen molar-refractivity contribution in [1.29, 1.82) is 0 Å². The van der Waals surface area contributed by atoms with Crippen LogP contribution in [0.3, 0.4) is 0 Å². The molecule has 0 radical (unpaired) electrons. The van der Waals surface area contributed by atoms with Crippen LogP contribution in [-0.2, 0) is 4.79 Å². The number of hydrogen-bond donors (Lipinski definition) is 1. The van der Waals surface area contributed by atoms with Crippen LogP contribution < -0.4 is 19.5 Å². The van der Waals surface area contributed by atoms with Gasteiger partial charge in [0, 0.05) is 18.1 Å². The Morgan fingerprint density at radius 3 is 2.69 bits per heavy atom. The van der Waals surface area contributed by atoms with Crippen molar-refractivity contribution in [2.45, 2.75) is 44.9 Å². The number of amides is 1. The first kappa shape index (κ1) is 18.1. The van der Waals surface area contributed by atoms with Gasteiger partial charge < -0.3 is 19.5 Å². The Bertz CT molecular complexity index is 787. The fourth-order valence-electron chi connectivity index (χ4n) is 3.15. The number of ether oxygens (including phenoxy) is 3. The van der Waals surface area contributed by atoms with Gasteiger partial charge in [0.2, 0.25) is 0 Å². The van der Waals surface area contributed by atoms with Crippen molar-refractivity contribution in [2.24, 2.45) is 0 Å². The molecular weight excluding hydrogens is 330 g/mol. The Hall–Kier alpha value is -2.69. The van der Waals surface area contributed by atoms with Crippen molar-refractivity contribution in [1.82, 2.24) is 5.32 Å². The summed E-state index contributed by atoms with van der Waals surface area (Å²) in [5.41, 5.74) is 0.650. The van der Waals surface area contributed by atoms with E-state index in [1.807, 2.05) is 50.2 Å². The highest BCUT2D eigenvalue weighted by molar-refractivity contribution is 5.81. The predicted molar refractivity (Wildman–Crippen MR) is 99.7 cm³/mol. The molecule has 138 valence electrons. The van der Waals surface area contributed by atoms with Gasteiger partial charge in [-0.15, -0.1) is 0 Å². The molecule has 1 heterocycles. The van der Waals surface area contributed by atoms with Gasteiger partial charge in [0.05, 0.1) is 13.2 Å². The Balaban J connectivity index is 1.70. The molecule has 1 N–H and O–H groups in total. The van der Waals surface area contributed by atoms with Crippen molar-refractivity contribution < 1.29 is 19.0 Å². The first-order valence-electron chi connectivity index (χ1n) is 8.77. The first-order valence-corrected chi connectivity index (χ1v) is 8.77. The molecule has 5 nitrogen and oxygen atoms in total. The van der Waals surface area contributed by atoms with Crippen LogP contribution in [0.15, 0.2) is 48.5 Å². The van der Waals surface area contributed by atoms with E-state index in [0.29, 0.717) is 17.9 Å². The molecule has 0 spiro atoms. The second-order valence-electron chi connectivity index (χ2n) is 7.10. The molecule has 3 rings (SSSR count). The maximum Gasteiger partial charge on any atom is 0.261 e. The highest BCUT2D eigenvalue weighted by Crippen LogP contribution is 2.39. The number of benzene rings is 2. The van der Waals surface area contributed by atoms with Gasteiger partial charge in [-0.05, 0) is 39.0 Å². The molecular formula is C21H25NO4. The number of rotatable bonds is 5. The summed E-state index contributed by atoms with van der Waals surface area (Å²) < 4.78 is 17.0. The van der Waals surface area contributed by atoms with Crippen molar-refractivity contribution in [3.63, 3.8) is 0 Å². The van der Waals surface area contributed by atoms with E-state index in [-0.39, 0.29) is 17.6 Å². The summed E-state index contributed by atoms with van der Waals surface area (Å²) in [4.78, 5) is 12.7. The Morgan fingerprint density at radius 2 is 1.92 bits per heavy atom. The topological polar surface area (TPSA) is 56.8 Å². The zero-order valence-electron chi connectivity index (χ0n) is 15.6. The van der Waals surface area contributed by atoms with E-state index < -0.39 is 6.10 Å². The Morgan fingerprint density at radius 1 is 1.19 bits per heavy atom. The average Bonchev–Trinajstić information content (AvgIpc) is 2.60. The lowest BCUT2D eigenvalue weighted by molar-refractivity contribution is -0.128. The second-order valence-corrected chi connectivity index (χ2v) is 7.10. The third kappa shape index (κ3) is 4.10. The third-order valence-electron chi connectivity index (χ3n) is 4.42. The van der Waals surface area contributed by atoms with Gasteiger partial charge in [-0.3, -0.25) is 4.79 Å². The Kier molecular flexibility index (Phi) is 5.07. The van der Waals surface area contributed by atoms with Gasteiger partial charge >= 0.3 is 0 Å². The zero-order chi connectivity index (χ0) is 18.7. The minimum Gasteiger partial charge on any atom is -0.497 e. The summed E-state index contributed by atoms with van der Waals surface area (Å²) in [5.74, 6) is 1.94. The van der Waals surface area contributed by atoms with Crippen LogP contribution in [0.5, 0.6) is 17.2 Å². The molecule has 2 aromatic rings. The van der Waals surface area contributed by atoms with E-state index in [0.717, 1.165) is 11.3 Å². The van der Waals surface area contributed by atoms with E-state index in [2.05, 4.69) is 5.32 Å². The van der Waals surface area contributed by atoms with E-state index in [1.165, 1.54) is 0 Å². The smallest absolute Gasteiger partial charge is 0.261 e. The van der Waals surface area contributed by atoms with Crippen LogP contribution >= 0.6 is 0 Å². The van der Waals surface area contributed by atoms with Crippen molar-refractivity contribution in [2.75, 3.05) is 7.11 Å². The van der Waals surface area contributed by atoms with E-state index >= 15 is 0 Å². The van der Waals surface area contributed by atoms with Gasteiger partial charge in [-0.1, -0.05) is 24.3 Å². The van der Waals surface area contributed by atoms with Crippen molar-refractivity contribution in [3.05, 3.63) is 54.1 Å². The van der Waals surface area contributed by atoms with Crippen LogP contribution in [0, 0.1) is 0 Å². The highest BCUT2D eigenvalue weighted by Gasteiger charge is 2.35. The lowest BCUT2D eigenvalue weighted by atomic mass is 9.89. The maximum atomic E-state index is 12.7. The van der Waals surface area contributed by atoms with Gasteiger partial charge in [-0.25, -0.2) is 0 Å². The molecule has 0 saturated carbocycles. The quantitative estimate of drug-likeness (QED) is 0.884. The molecule has 1 aliphatic rings. The number of fused-ring (bicyclic) bond motifs is 1. The van der Waals surface area contributed by atoms with Crippen LogP contribution in [-0.4, -0.2) is 24.7 Å². The fraction of sp³-hybridized carbons (Fsp3) is 0.381. The van der Waals surface area contributed by atoms with Gasteiger partial charge in [0.25, 0.3) is 5.91 Å². The lowest BCUT2D eigenvalue weighted by Crippen LogP contribution is -2.44. The summed E-state index contributed by atoms with van der Waals surface area (Å²) >= 11 is 0. The SMILES string of the molecule is COc1cccc(O[C@@H](C)C(=O)N[C@@H]2CC(C)(C)Oc3ccccc32)c1. The minimum absolute atomic E-state index is 0.112. The molecule has 2 aromatic carbocycles. The number of carbonyl (C=O) groups excluding carboxylic acids is 1. The summed E-state index contributed by atoms with van der Waals surface area (Å²) in [6.45, 7) is 5.79. The molecule has 0 saturated heterocycles. The van der Waals surface area contributed by atoms with Crippen LogP contribution in [0.1, 0.15) is 38.8 Å². The van der Waals surface area contributed by atoms with E-state index in [1.54, 1.807) is 26.2 Å². The largest absolute Gasteiger partial charge is 0.497 e. The number of hydrogen-bond acceptors (Lipinski definition) is 4. The van der Waals surface area contributed by atoms with Crippen LogP contribution in [0.2, 0.25) is 0 Å². The summed E-state index contributed by atoms with van der Waals surface area (Å²) in [5, 5.41) is 3.10. The second kappa shape index (κ2) is 7.28. The zero-order valence-corrected chi connectivity index (χ0v) is 15.6. The van der Waals surface area contributed by atoms with Crippen LogP contribution in [0.25, 0.3) is 0 Å². The molecule has 0 unspecified atom stereocenters. The standard InChI is InChI=1S/C21H25NO4/c1-14(25-16-9-7-8-15(12-16)24-4)20(23)22-18-13-21(2,3)26-19-11-6-5-10-17(18)19/h5-12,14,18H,13H2,1-4H3,(H,22,23)/t14-,18+/m0/s1. The molecule has 2 atom stereocenters. The highest BCUT2D eigenvalue weighted by atomic mass is 16.5. The minimum atomic E-state index is -0.625. The fourth-order valence-corrected chi connectivity index (χ4v) is 3.15. The molecule has 1 aliphatic heterocycles. The number of carbonyl (C=O) groups is 1. The van der Waals surface area contributed by atoms with E-state index in [9.17, 15) is 4.79 Å². The van der Waals surface area contributed by atoms with Gasteiger partial charge in [0.1, 0.15) is 22.8 Å². The van der Waals surface area contributed by atoms with Gasteiger partial charge in [-0.2, -0.15) is 0 Å². The summed E-state index contributed by atoms with van der Waals surface area (Å²) in [6.07, 6.45) is 0.0713. The lowest BCUT2D eigenvalue weighted by Gasteiger charge is -2.38. The monoisotopic (exact) mass is 355 g/mol. The average molecular weight is 355 g/mol. The summed E-state index contributed by atoms with van der Waals surface area (Å²) in [6, 6.07) is 14.9. The molecule has 1 amide bonds. The molecule has 26 heavy (non-hydrogen) atoms. The molecule has 0 fully saturated rings. The number of para-hydroxylation sites is 1. The number of methoxy groups -OCH3 is 1. The predicted octanol–water partition coefficient (Wildman–Crippen LogP) is 3.88. The third-order valence-corrected chi connectivity index (χ3v) is 4.42.